The lowest BCUT2D eigenvalue weighted by Gasteiger charge is -2.42. The fourth-order valence-electron chi connectivity index (χ4n) is 4.21. The van der Waals surface area contributed by atoms with Crippen LogP contribution in [0.5, 0.6) is 10.9 Å². The van der Waals surface area contributed by atoms with Crippen LogP contribution in [-0.4, -0.2) is 82.7 Å². The van der Waals surface area contributed by atoms with Crippen LogP contribution in [0.4, 0.5) is 9.52 Å². The number of piperidine rings is 1. The van der Waals surface area contributed by atoms with Crippen molar-refractivity contribution in [3.05, 3.63) is 40.9 Å². The largest absolute Gasteiger partial charge is 0.494 e. The van der Waals surface area contributed by atoms with Crippen molar-refractivity contribution in [2.45, 2.75) is 31.7 Å². The van der Waals surface area contributed by atoms with Crippen molar-refractivity contribution in [1.82, 2.24) is 25.1 Å². The lowest BCUT2D eigenvalue weighted by atomic mass is 10.0. The summed E-state index contributed by atoms with van der Waals surface area (Å²) in [5.74, 6) is 0.0274. The lowest BCUT2D eigenvalue weighted by molar-refractivity contribution is -0.0938. The van der Waals surface area contributed by atoms with Crippen LogP contribution in [-0.2, 0) is 4.74 Å². The Morgan fingerprint density at radius 2 is 2.06 bits per heavy atom. The Morgan fingerprint density at radius 1 is 1.22 bits per heavy atom. The van der Waals surface area contributed by atoms with E-state index in [1.54, 1.807) is 12.1 Å². The molecule has 0 bridgehead atoms. The summed E-state index contributed by atoms with van der Waals surface area (Å²) in [5.41, 5.74) is 2.20. The second-order valence-corrected chi connectivity index (χ2v) is 9.95. The summed E-state index contributed by atoms with van der Waals surface area (Å²) in [7, 11) is 1.52. The zero-order valence-corrected chi connectivity index (χ0v) is 21.2. The monoisotopic (exact) mass is 534 g/mol. The molecule has 2 fully saturated rings. The van der Waals surface area contributed by atoms with Crippen LogP contribution in [0.15, 0.2) is 24.5 Å². The van der Waals surface area contributed by atoms with Gasteiger partial charge < -0.3 is 14.2 Å². The van der Waals surface area contributed by atoms with Gasteiger partial charge in [0.15, 0.2) is 0 Å². The second kappa shape index (κ2) is 10.6. The van der Waals surface area contributed by atoms with Gasteiger partial charge in [0.05, 0.1) is 38.1 Å². The standard InChI is InChI=1S/C23H24ClFN6O4S/c1-12-3-16(17-5-20(24)27-7-19(17)33-2)18(6-26-12)21(32)28-22-29-30-23(36-22)35-15-4-13(25)8-31(9-15)14-10-34-11-14/h3,5-7,13-15H,4,8-11H2,1-2H3,(H,28,29,32)/t13-,15+/m0/s1. The number of methoxy groups -OCH3 is 1. The summed E-state index contributed by atoms with van der Waals surface area (Å²) in [4.78, 5) is 23.6. The first-order valence-corrected chi connectivity index (χ1v) is 12.5. The van der Waals surface area contributed by atoms with Gasteiger partial charge in [-0.05, 0) is 30.4 Å². The number of amides is 1. The van der Waals surface area contributed by atoms with E-state index in [-0.39, 0.29) is 34.0 Å². The first-order chi connectivity index (χ1) is 17.4. The summed E-state index contributed by atoms with van der Waals surface area (Å²) in [6, 6.07) is 3.63. The highest BCUT2D eigenvalue weighted by atomic mass is 35.5. The van der Waals surface area contributed by atoms with Crippen LogP contribution < -0.4 is 14.8 Å². The van der Waals surface area contributed by atoms with Crippen molar-refractivity contribution in [1.29, 1.82) is 0 Å². The molecule has 1 N–H and O–H groups in total. The number of ether oxygens (including phenoxy) is 3. The van der Waals surface area contributed by atoms with Crippen LogP contribution in [0.1, 0.15) is 22.5 Å². The van der Waals surface area contributed by atoms with Gasteiger partial charge in [0.1, 0.15) is 23.2 Å². The van der Waals surface area contributed by atoms with E-state index in [1.807, 2.05) is 6.92 Å². The van der Waals surface area contributed by atoms with E-state index >= 15 is 0 Å². The maximum absolute atomic E-state index is 14.3. The van der Waals surface area contributed by atoms with Crippen LogP contribution in [0.2, 0.25) is 5.15 Å². The van der Waals surface area contributed by atoms with Crippen molar-refractivity contribution >= 4 is 34.0 Å². The van der Waals surface area contributed by atoms with Crippen LogP contribution in [0.25, 0.3) is 11.1 Å². The van der Waals surface area contributed by atoms with E-state index < -0.39 is 12.1 Å². The Balaban J connectivity index is 1.31. The highest BCUT2D eigenvalue weighted by Gasteiger charge is 2.36. The van der Waals surface area contributed by atoms with E-state index in [4.69, 9.17) is 25.8 Å². The van der Waals surface area contributed by atoms with Gasteiger partial charge >= 0.3 is 0 Å². The smallest absolute Gasteiger partial charge is 0.296 e. The Kier molecular flexibility index (Phi) is 7.28. The summed E-state index contributed by atoms with van der Waals surface area (Å²) >= 11 is 7.19. The molecule has 2 saturated heterocycles. The average molecular weight is 535 g/mol. The summed E-state index contributed by atoms with van der Waals surface area (Å²) < 4.78 is 30.8. The highest BCUT2D eigenvalue weighted by molar-refractivity contribution is 7.17. The minimum atomic E-state index is -0.984. The lowest BCUT2D eigenvalue weighted by Crippen LogP contribution is -2.57. The molecule has 3 aromatic heterocycles. The predicted octanol–water partition coefficient (Wildman–Crippen LogP) is 3.41. The topological polar surface area (TPSA) is 112 Å². The van der Waals surface area contributed by atoms with Crippen molar-refractivity contribution in [2.75, 3.05) is 38.7 Å². The van der Waals surface area contributed by atoms with Crippen molar-refractivity contribution < 1.29 is 23.4 Å². The molecule has 0 spiro atoms. The SMILES string of the molecule is COc1cnc(Cl)cc1-c1cc(C)ncc1C(=O)Nc1nnc(O[C@@H]2C[C@H](F)CN(C3COC3)C2)s1. The average Bonchev–Trinajstić information content (AvgIpc) is 3.23. The number of likely N-dealkylation sites (tertiary alicyclic amines) is 1. The number of nitrogens with one attached hydrogen (secondary N) is 1. The number of pyridine rings is 2. The Bertz CT molecular complexity index is 1260. The molecule has 2 atom stereocenters. The van der Waals surface area contributed by atoms with Crippen LogP contribution in [0.3, 0.4) is 0 Å². The van der Waals surface area contributed by atoms with E-state index in [1.165, 1.54) is 19.5 Å². The molecule has 190 valence electrons. The molecule has 0 saturated carbocycles. The van der Waals surface area contributed by atoms with Gasteiger partial charge in [0.2, 0.25) is 5.13 Å². The van der Waals surface area contributed by atoms with Crippen LogP contribution in [0, 0.1) is 6.92 Å². The van der Waals surface area contributed by atoms with Gasteiger partial charge in [-0.3, -0.25) is 20.0 Å². The molecule has 0 unspecified atom stereocenters. The molecule has 36 heavy (non-hydrogen) atoms. The molecule has 5 rings (SSSR count). The maximum atomic E-state index is 14.3. The van der Waals surface area contributed by atoms with Gasteiger partial charge in [-0.2, -0.15) is 0 Å². The fourth-order valence-corrected chi connectivity index (χ4v) is 5.03. The van der Waals surface area contributed by atoms with Gasteiger partial charge in [-0.1, -0.05) is 16.7 Å². The highest BCUT2D eigenvalue weighted by Crippen LogP contribution is 2.34. The number of carbonyl (C=O) groups is 1. The molecular weight excluding hydrogens is 511 g/mol. The number of rotatable bonds is 7. The molecule has 3 aromatic rings. The molecule has 0 aromatic carbocycles. The molecule has 1 amide bonds. The number of aromatic nitrogens is 4. The van der Waals surface area contributed by atoms with E-state index in [2.05, 4.69) is 30.4 Å². The molecule has 5 heterocycles. The molecule has 0 aliphatic carbocycles. The van der Waals surface area contributed by atoms with Gasteiger partial charge in [-0.25, -0.2) is 9.37 Å². The fraction of sp³-hybridized carbons (Fsp3) is 0.435. The number of hydrogen-bond acceptors (Lipinski definition) is 10. The minimum absolute atomic E-state index is 0.227. The van der Waals surface area contributed by atoms with Gasteiger partial charge in [0, 0.05) is 42.5 Å². The molecular formula is C23H24ClFN6O4S. The van der Waals surface area contributed by atoms with Gasteiger partial charge in [0.25, 0.3) is 11.1 Å². The van der Waals surface area contributed by atoms with Crippen molar-refractivity contribution in [2.24, 2.45) is 0 Å². The zero-order chi connectivity index (χ0) is 25.2. The Labute approximate surface area is 215 Å². The first-order valence-electron chi connectivity index (χ1n) is 11.3. The summed E-state index contributed by atoms with van der Waals surface area (Å²) in [6.07, 6.45) is 1.91. The second-order valence-electron chi connectivity index (χ2n) is 8.62. The molecule has 0 radical (unpaired) electrons. The van der Waals surface area contributed by atoms with Crippen molar-refractivity contribution in [3.8, 4) is 22.1 Å². The summed E-state index contributed by atoms with van der Waals surface area (Å²) in [5, 5.41) is 11.6. The number of alkyl halides is 1. The third kappa shape index (κ3) is 5.41. The van der Waals surface area contributed by atoms with E-state index in [9.17, 15) is 9.18 Å². The van der Waals surface area contributed by atoms with Gasteiger partial charge in [-0.15, -0.1) is 5.10 Å². The number of carbonyl (C=O) groups excluding carboxylic acids is 1. The third-order valence-electron chi connectivity index (χ3n) is 6.05. The molecule has 13 heteroatoms. The molecule has 10 nitrogen and oxygen atoms in total. The summed E-state index contributed by atoms with van der Waals surface area (Å²) in [6.45, 7) is 4.01. The molecule has 2 aliphatic rings. The maximum Gasteiger partial charge on any atom is 0.296 e. The van der Waals surface area contributed by atoms with Crippen LogP contribution >= 0.6 is 22.9 Å². The Hall–Kier alpha value is -2.93. The normalized spacial score (nSPS) is 20.6. The van der Waals surface area contributed by atoms with E-state index in [0.29, 0.717) is 54.4 Å². The quantitative estimate of drug-likeness (QED) is 0.456. The number of anilines is 1. The molecule has 2 aliphatic heterocycles. The number of nitrogens with zero attached hydrogens (tertiary/aromatic N) is 5. The van der Waals surface area contributed by atoms with E-state index in [0.717, 1.165) is 11.3 Å². The number of aryl methyl sites for hydroxylation is 1. The predicted molar refractivity (Wildman–Crippen MR) is 132 cm³/mol. The Morgan fingerprint density at radius 3 is 2.81 bits per heavy atom. The third-order valence-corrected chi connectivity index (χ3v) is 6.99. The minimum Gasteiger partial charge on any atom is -0.494 e. The number of halogens is 2. The first kappa shape index (κ1) is 24.8. The zero-order valence-electron chi connectivity index (χ0n) is 19.6. The number of hydrogen-bond donors (Lipinski definition) is 1. The van der Waals surface area contributed by atoms with Crippen molar-refractivity contribution in [3.63, 3.8) is 0 Å².